The van der Waals surface area contributed by atoms with E-state index >= 15 is 0 Å². The predicted octanol–water partition coefficient (Wildman–Crippen LogP) is 2.68. The maximum atomic E-state index is 14.0. The zero-order valence-electron chi connectivity index (χ0n) is 16.7. The van der Waals surface area contributed by atoms with Crippen molar-refractivity contribution in [3.8, 4) is 0 Å². The number of sulfonamides is 1. The Morgan fingerprint density at radius 3 is 2.47 bits per heavy atom. The quantitative estimate of drug-likeness (QED) is 0.695. The molecule has 1 fully saturated rings. The Hall–Kier alpha value is -2.65. The first kappa shape index (κ1) is 20.6. The molecule has 1 saturated heterocycles. The lowest BCUT2D eigenvalue weighted by Crippen LogP contribution is -2.43. The van der Waals surface area contributed by atoms with Gasteiger partial charge in [-0.3, -0.25) is 19.5 Å². The number of rotatable bonds is 4. The summed E-state index contributed by atoms with van der Waals surface area (Å²) in [6, 6.07) is 6.47. The van der Waals surface area contributed by atoms with Crippen LogP contribution in [0.3, 0.4) is 0 Å². The fourth-order valence-corrected chi connectivity index (χ4v) is 6.17. The number of fused-ring (bicyclic) bond motifs is 1. The molecule has 2 aromatic rings. The third-order valence-corrected chi connectivity index (χ3v) is 7.46. The largest absolute Gasteiger partial charge is 0.280 e. The first-order valence-corrected chi connectivity index (χ1v) is 11.2. The van der Waals surface area contributed by atoms with Crippen molar-refractivity contribution in [3.05, 3.63) is 59.2 Å². The number of amides is 2. The van der Waals surface area contributed by atoms with Gasteiger partial charge in [-0.1, -0.05) is 19.9 Å². The van der Waals surface area contributed by atoms with Gasteiger partial charge in [0, 0.05) is 19.3 Å². The number of piperidine rings is 1. The molecule has 30 heavy (non-hydrogen) atoms. The highest BCUT2D eigenvalue weighted by atomic mass is 32.2. The summed E-state index contributed by atoms with van der Waals surface area (Å²) in [7, 11) is -4.00. The SMILES string of the molecule is C[C@H]1C[C@H](C)CN(S(=O)(=O)c2cc(F)ccc2CN2C(=O)c3cccnc3C2=O)C1. The number of carbonyl (C=O) groups excluding carboxylic acids is 2. The highest BCUT2D eigenvalue weighted by Crippen LogP contribution is 2.30. The number of aromatic nitrogens is 1. The van der Waals surface area contributed by atoms with Crippen molar-refractivity contribution in [1.82, 2.24) is 14.2 Å². The monoisotopic (exact) mass is 431 g/mol. The van der Waals surface area contributed by atoms with Crippen LogP contribution >= 0.6 is 0 Å². The summed E-state index contributed by atoms with van der Waals surface area (Å²) >= 11 is 0. The Bertz CT molecular complexity index is 1090. The molecule has 2 atom stereocenters. The van der Waals surface area contributed by atoms with Crippen LogP contribution in [-0.2, 0) is 16.6 Å². The number of benzene rings is 1. The van der Waals surface area contributed by atoms with E-state index in [2.05, 4.69) is 4.98 Å². The van der Waals surface area contributed by atoms with Crippen molar-refractivity contribution in [1.29, 1.82) is 0 Å². The molecule has 0 radical (unpaired) electrons. The van der Waals surface area contributed by atoms with Gasteiger partial charge in [0.05, 0.1) is 17.0 Å². The minimum atomic E-state index is -4.00. The molecule has 7 nitrogen and oxygen atoms in total. The maximum Gasteiger partial charge on any atom is 0.280 e. The summed E-state index contributed by atoms with van der Waals surface area (Å²) in [5.74, 6) is -1.47. The lowest BCUT2D eigenvalue weighted by atomic mass is 9.94. The standard InChI is InChI=1S/C21H22FN3O4S/c1-13-8-14(2)11-24(10-13)30(28,29)18-9-16(22)6-5-15(18)12-25-20(26)17-4-3-7-23-19(17)21(25)27/h3-7,9,13-14H,8,10-12H2,1-2H3/t13-,14-/m0/s1. The van der Waals surface area contributed by atoms with Crippen molar-refractivity contribution >= 4 is 21.8 Å². The molecule has 0 bridgehead atoms. The average molecular weight is 431 g/mol. The van der Waals surface area contributed by atoms with Crippen LogP contribution in [0, 0.1) is 17.7 Å². The van der Waals surface area contributed by atoms with E-state index in [-0.39, 0.29) is 40.1 Å². The Labute approximate surface area is 174 Å². The van der Waals surface area contributed by atoms with Gasteiger partial charge >= 0.3 is 0 Å². The van der Waals surface area contributed by atoms with E-state index < -0.39 is 27.7 Å². The van der Waals surface area contributed by atoms with Crippen LogP contribution in [0.1, 0.15) is 46.7 Å². The van der Waals surface area contributed by atoms with E-state index in [0.717, 1.165) is 23.5 Å². The zero-order chi connectivity index (χ0) is 21.6. The maximum absolute atomic E-state index is 14.0. The highest BCUT2D eigenvalue weighted by Gasteiger charge is 2.39. The third kappa shape index (κ3) is 3.52. The van der Waals surface area contributed by atoms with E-state index in [0.29, 0.717) is 13.1 Å². The van der Waals surface area contributed by atoms with Crippen molar-refractivity contribution in [2.45, 2.75) is 31.7 Å². The molecule has 0 spiro atoms. The molecule has 4 rings (SSSR count). The molecular formula is C21H22FN3O4S. The zero-order valence-corrected chi connectivity index (χ0v) is 17.5. The van der Waals surface area contributed by atoms with Crippen LogP contribution in [0.2, 0.25) is 0 Å². The normalized spacial score (nSPS) is 22.4. The van der Waals surface area contributed by atoms with Crippen molar-refractivity contribution in [2.24, 2.45) is 11.8 Å². The minimum Gasteiger partial charge on any atom is -0.268 e. The fourth-order valence-electron chi connectivity index (χ4n) is 4.27. The predicted molar refractivity (Wildman–Crippen MR) is 107 cm³/mol. The van der Waals surface area contributed by atoms with Crippen LogP contribution in [-0.4, -0.2) is 47.5 Å². The van der Waals surface area contributed by atoms with Gasteiger partial charge in [-0.25, -0.2) is 12.8 Å². The summed E-state index contributed by atoms with van der Waals surface area (Å²) in [5, 5.41) is 0. The molecule has 2 aliphatic rings. The van der Waals surface area contributed by atoms with Crippen molar-refractivity contribution in [2.75, 3.05) is 13.1 Å². The van der Waals surface area contributed by atoms with Gasteiger partial charge in [-0.2, -0.15) is 4.31 Å². The Morgan fingerprint density at radius 2 is 1.80 bits per heavy atom. The number of pyridine rings is 1. The summed E-state index contributed by atoms with van der Waals surface area (Å²) in [4.78, 5) is 30.0. The molecule has 2 amide bonds. The van der Waals surface area contributed by atoms with Crippen molar-refractivity contribution in [3.63, 3.8) is 0 Å². The van der Waals surface area contributed by atoms with Crippen LogP contribution in [0.25, 0.3) is 0 Å². The molecule has 158 valence electrons. The van der Waals surface area contributed by atoms with E-state index in [9.17, 15) is 22.4 Å². The number of hydrogen-bond acceptors (Lipinski definition) is 5. The molecule has 1 aromatic heterocycles. The van der Waals surface area contributed by atoms with Crippen molar-refractivity contribution < 1.29 is 22.4 Å². The first-order chi connectivity index (χ1) is 14.2. The number of halogens is 1. The second kappa shape index (κ2) is 7.55. The van der Waals surface area contributed by atoms with Gasteiger partial charge < -0.3 is 0 Å². The van der Waals surface area contributed by atoms with Crippen LogP contribution in [0.15, 0.2) is 41.4 Å². The van der Waals surface area contributed by atoms with Gasteiger partial charge in [0.2, 0.25) is 10.0 Å². The average Bonchev–Trinajstić information content (AvgIpc) is 2.93. The second-order valence-corrected chi connectivity index (χ2v) is 10.0. The summed E-state index contributed by atoms with van der Waals surface area (Å²) in [5.41, 5.74) is 0.400. The van der Waals surface area contributed by atoms with Crippen LogP contribution in [0.4, 0.5) is 4.39 Å². The molecule has 9 heteroatoms. The Balaban J connectivity index is 1.70. The molecule has 0 aliphatic carbocycles. The third-order valence-electron chi connectivity index (χ3n) is 5.54. The summed E-state index contributed by atoms with van der Waals surface area (Å²) < 4.78 is 42.1. The van der Waals surface area contributed by atoms with E-state index in [1.807, 2.05) is 13.8 Å². The van der Waals surface area contributed by atoms with E-state index in [1.165, 1.54) is 22.6 Å². The topological polar surface area (TPSA) is 87.7 Å². The lowest BCUT2D eigenvalue weighted by Gasteiger charge is -2.34. The summed E-state index contributed by atoms with van der Waals surface area (Å²) in [6.45, 7) is 4.38. The van der Waals surface area contributed by atoms with E-state index in [4.69, 9.17) is 0 Å². The summed E-state index contributed by atoms with van der Waals surface area (Å²) in [6.07, 6.45) is 2.34. The van der Waals surface area contributed by atoms with Crippen LogP contribution in [0.5, 0.6) is 0 Å². The number of carbonyl (C=O) groups is 2. The minimum absolute atomic E-state index is 0.0349. The van der Waals surface area contributed by atoms with Gasteiger partial charge in [0.1, 0.15) is 11.5 Å². The molecule has 2 aliphatic heterocycles. The van der Waals surface area contributed by atoms with Gasteiger partial charge in [0.15, 0.2) is 0 Å². The smallest absolute Gasteiger partial charge is 0.268 e. The fraction of sp³-hybridized carbons (Fsp3) is 0.381. The Kier molecular flexibility index (Phi) is 5.19. The second-order valence-electron chi connectivity index (χ2n) is 8.12. The molecule has 0 saturated carbocycles. The number of nitrogens with zero attached hydrogens (tertiary/aromatic N) is 3. The molecule has 3 heterocycles. The molecule has 0 N–H and O–H groups in total. The number of imide groups is 1. The number of hydrogen-bond donors (Lipinski definition) is 0. The highest BCUT2D eigenvalue weighted by molar-refractivity contribution is 7.89. The first-order valence-electron chi connectivity index (χ1n) is 9.78. The molecule has 1 aromatic carbocycles. The van der Waals surface area contributed by atoms with Gasteiger partial charge in [0.25, 0.3) is 11.8 Å². The van der Waals surface area contributed by atoms with E-state index in [1.54, 1.807) is 6.07 Å². The lowest BCUT2D eigenvalue weighted by molar-refractivity contribution is 0.0639. The Morgan fingerprint density at radius 1 is 1.10 bits per heavy atom. The van der Waals surface area contributed by atoms with Gasteiger partial charge in [-0.15, -0.1) is 0 Å². The van der Waals surface area contributed by atoms with Crippen LogP contribution < -0.4 is 0 Å². The molecular weight excluding hydrogens is 409 g/mol. The molecule has 0 unspecified atom stereocenters. The van der Waals surface area contributed by atoms with Gasteiger partial charge in [-0.05, 0) is 48.1 Å².